The lowest BCUT2D eigenvalue weighted by Crippen LogP contribution is -2.07. The number of nitrogens with zero attached hydrogens (tertiary/aromatic N) is 2. The van der Waals surface area contributed by atoms with Crippen molar-refractivity contribution in [1.82, 2.24) is 0 Å². The van der Waals surface area contributed by atoms with Crippen molar-refractivity contribution >= 4 is 46.4 Å². The Labute approximate surface area is 132 Å². The zero-order chi connectivity index (χ0) is 14.6. The zero-order valence-corrected chi connectivity index (χ0v) is 13.7. The van der Waals surface area contributed by atoms with Gasteiger partial charge < -0.3 is 4.74 Å². The molecule has 1 aromatic carbocycles. The lowest BCUT2D eigenvalue weighted by molar-refractivity contribution is 0.405. The largest absolute Gasteiger partial charge is 0.496 e. The average Bonchev–Trinajstić information content (AvgIpc) is 2.32. The van der Waals surface area contributed by atoms with E-state index in [1.807, 2.05) is 13.0 Å². The zero-order valence-electron chi connectivity index (χ0n) is 10.7. The van der Waals surface area contributed by atoms with Crippen molar-refractivity contribution in [3.05, 3.63) is 28.3 Å². The Balaban J connectivity index is 3.25. The third-order valence-electron chi connectivity index (χ3n) is 2.42. The standard InChI is InChI=1S/C12H14Cl4N2O/c1-6-4-8(10(19-3)5-9(6)14)11(12(15)16)18-17-7(2)13/h4-5,7,11-12H,1-3H3. The van der Waals surface area contributed by atoms with E-state index >= 15 is 0 Å². The first-order valence-corrected chi connectivity index (χ1v) is 7.21. The summed E-state index contributed by atoms with van der Waals surface area (Å²) in [5, 5.41) is 8.56. The summed E-state index contributed by atoms with van der Waals surface area (Å²) < 4.78 is 5.28. The van der Waals surface area contributed by atoms with Crippen molar-refractivity contribution in [2.75, 3.05) is 7.11 Å². The highest BCUT2D eigenvalue weighted by Crippen LogP contribution is 2.37. The molecule has 2 unspecified atom stereocenters. The molecule has 106 valence electrons. The normalized spacial score (nSPS) is 14.9. The molecule has 0 radical (unpaired) electrons. The number of methoxy groups -OCH3 is 1. The number of halogens is 4. The molecule has 0 aliphatic rings. The van der Waals surface area contributed by atoms with Gasteiger partial charge in [-0.25, -0.2) is 0 Å². The van der Waals surface area contributed by atoms with Gasteiger partial charge in [-0.1, -0.05) is 23.2 Å². The van der Waals surface area contributed by atoms with Gasteiger partial charge in [0.2, 0.25) is 0 Å². The first-order chi connectivity index (χ1) is 8.86. The van der Waals surface area contributed by atoms with Gasteiger partial charge in [-0.3, -0.25) is 0 Å². The van der Waals surface area contributed by atoms with Crippen LogP contribution in [0.4, 0.5) is 0 Å². The van der Waals surface area contributed by atoms with Crippen molar-refractivity contribution in [3.8, 4) is 5.75 Å². The molecule has 0 amide bonds. The maximum Gasteiger partial charge on any atom is 0.141 e. The van der Waals surface area contributed by atoms with Crippen molar-refractivity contribution < 1.29 is 4.74 Å². The van der Waals surface area contributed by atoms with Gasteiger partial charge in [0.15, 0.2) is 0 Å². The molecule has 0 saturated heterocycles. The lowest BCUT2D eigenvalue weighted by atomic mass is 10.0. The van der Waals surface area contributed by atoms with E-state index in [0.717, 1.165) is 11.1 Å². The van der Waals surface area contributed by atoms with Gasteiger partial charge in [0.05, 0.1) is 7.11 Å². The van der Waals surface area contributed by atoms with E-state index < -0.39 is 16.4 Å². The predicted molar refractivity (Wildman–Crippen MR) is 81.1 cm³/mol. The van der Waals surface area contributed by atoms with E-state index in [0.29, 0.717) is 10.8 Å². The number of hydrogen-bond acceptors (Lipinski definition) is 3. The number of hydrogen-bond donors (Lipinski definition) is 0. The molecule has 0 aliphatic heterocycles. The van der Waals surface area contributed by atoms with Crippen LogP contribution in [0.5, 0.6) is 5.75 Å². The Hall–Kier alpha value is -0.220. The van der Waals surface area contributed by atoms with Crippen molar-refractivity contribution in [2.45, 2.75) is 30.2 Å². The molecule has 0 N–H and O–H groups in total. The van der Waals surface area contributed by atoms with E-state index in [1.54, 1.807) is 20.1 Å². The van der Waals surface area contributed by atoms with E-state index in [4.69, 9.17) is 51.1 Å². The van der Waals surface area contributed by atoms with Crippen LogP contribution < -0.4 is 4.74 Å². The summed E-state index contributed by atoms with van der Waals surface area (Å²) in [5.41, 5.74) is 1.15. The van der Waals surface area contributed by atoms with Crippen LogP contribution in [-0.2, 0) is 0 Å². The minimum absolute atomic E-state index is 0.450. The summed E-state index contributed by atoms with van der Waals surface area (Å²) in [6.07, 6.45) is 0. The second kappa shape index (κ2) is 7.53. The second-order valence-corrected chi connectivity index (χ2v) is 6.13. The van der Waals surface area contributed by atoms with Gasteiger partial charge >= 0.3 is 0 Å². The first-order valence-electron chi connectivity index (χ1n) is 5.53. The summed E-state index contributed by atoms with van der Waals surface area (Å²) in [6, 6.07) is 2.98. The Morgan fingerprint density at radius 3 is 2.26 bits per heavy atom. The molecule has 19 heavy (non-hydrogen) atoms. The molecular weight excluding hydrogens is 330 g/mol. The Morgan fingerprint density at radius 2 is 1.79 bits per heavy atom. The molecule has 3 nitrogen and oxygen atoms in total. The average molecular weight is 344 g/mol. The SMILES string of the molecule is COc1cc(Cl)c(C)cc1C(N=NC(C)Cl)C(Cl)Cl. The third kappa shape index (κ3) is 4.67. The highest BCUT2D eigenvalue weighted by Gasteiger charge is 2.24. The molecule has 0 bridgehead atoms. The summed E-state index contributed by atoms with van der Waals surface area (Å²) in [5.74, 6) is 0.563. The van der Waals surface area contributed by atoms with E-state index in [2.05, 4.69) is 10.2 Å². The molecule has 0 fully saturated rings. The third-order valence-corrected chi connectivity index (χ3v) is 3.39. The minimum atomic E-state index is -0.770. The fourth-order valence-electron chi connectivity index (χ4n) is 1.51. The van der Waals surface area contributed by atoms with Gasteiger partial charge in [-0.2, -0.15) is 10.2 Å². The lowest BCUT2D eigenvalue weighted by Gasteiger charge is -2.17. The summed E-state index contributed by atoms with van der Waals surface area (Å²) in [6.45, 7) is 3.57. The van der Waals surface area contributed by atoms with Crippen molar-refractivity contribution in [2.24, 2.45) is 10.2 Å². The van der Waals surface area contributed by atoms with Crippen LogP contribution in [-0.4, -0.2) is 17.4 Å². The molecule has 0 heterocycles. The number of benzene rings is 1. The minimum Gasteiger partial charge on any atom is -0.496 e. The fraction of sp³-hybridized carbons (Fsp3) is 0.500. The van der Waals surface area contributed by atoms with Crippen LogP contribution >= 0.6 is 46.4 Å². The first kappa shape index (κ1) is 16.8. The van der Waals surface area contributed by atoms with Gasteiger partial charge in [0.1, 0.15) is 22.1 Å². The van der Waals surface area contributed by atoms with Crippen molar-refractivity contribution in [3.63, 3.8) is 0 Å². The molecule has 1 rings (SSSR count). The maximum atomic E-state index is 6.06. The van der Waals surface area contributed by atoms with Crippen LogP contribution in [0.15, 0.2) is 22.4 Å². The Bertz CT molecular complexity index is 463. The number of ether oxygens (including phenoxy) is 1. The molecule has 0 aliphatic carbocycles. The molecule has 0 spiro atoms. The van der Waals surface area contributed by atoms with Gasteiger partial charge in [0, 0.05) is 10.6 Å². The fourth-order valence-corrected chi connectivity index (χ4v) is 2.08. The molecule has 0 aromatic heterocycles. The number of rotatable bonds is 5. The Morgan fingerprint density at radius 1 is 1.16 bits per heavy atom. The van der Waals surface area contributed by atoms with E-state index in [9.17, 15) is 0 Å². The van der Waals surface area contributed by atoms with Gasteiger partial charge in [0.25, 0.3) is 0 Å². The number of azo groups is 1. The van der Waals surface area contributed by atoms with Crippen LogP contribution in [0.1, 0.15) is 24.1 Å². The Kier molecular flexibility index (Phi) is 6.67. The topological polar surface area (TPSA) is 34.0 Å². The van der Waals surface area contributed by atoms with Crippen molar-refractivity contribution in [1.29, 1.82) is 0 Å². The summed E-state index contributed by atoms with van der Waals surface area (Å²) in [7, 11) is 1.54. The van der Waals surface area contributed by atoms with Crippen LogP contribution in [0.3, 0.4) is 0 Å². The quantitative estimate of drug-likeness (QED) is 0.392. The highest BCUT2D eigenvalue weighted by molar-refractivity contribution is 6.44. The molecular formula is C12H14Cl4N2O. The monoisotopic (exact) mass is 342 g/mol. The van der Waals surface area contributed by atoms with Crippen LogP contribution in [0, 0.1) is 6.92 Å². The molecule has 2 atom stereocenters. The second-order valence-electron chi connectivity index (χ2n) is 3.93. The molecule has 1 aromatic rings. The van der Waals surface area contributed by atoms with Gasteiger partial charge in [-0.15, -0.1) is 23.2 Å². The van der Waals surface area contributed by atoms with Crippen LogP contribution in [0.2, 0.25) is 5.02 Å². The predicted octanol–water partition coefficient (Wildman–Crippen LogP) is 5.54. The van der Waals surface area contributed by atoms with E-state index in [-0.39, 0.29) is 0 Å². The van der Waals surface area contributed by atoms with Crippen LogP contribution in [0.25, 0.3) is 0 Å². The summed E-state index contributed by atoms with van der Waals surface area (Å²) in [4.78, 5) is -0.770. The highest BCUT2D eigenvalue weighted by atomic mass is 35.5. The number of alkyl halides is 3. The van der Waals surface area contributed by atoms with Gasteiger partial charge in [-0.05, 0) is 31.5 Å². The molecule has 7 heteroatoms. The smallest absolute Gasteiger partial charge is 0.141 e. The molecule has 0 saturated carbocycles. The number of aryl methyl sites for hydroxylation is 1. The summed E-state index contributed by atoms with van der Waals surface area (Å²) >= 11 is 23.7. The maximum absolute atomic E-state index is 6.06. The van der Waals surface area contributed by atoms with E-state index in [1.165, 1.54) is 0 Å².